The van der Waals surface area contributed by atoms with E-state index >= 15 is 0 Å². The maximum absolute atomic E-state index is 8.95. The van der Waals surface area contributed by atoms with E-state index in [4.69, 9.17) is 11.0 Å². The van der Waals surface area contributed by atoms with Crippen LogP contribution in [0.4, 0.5) is 5.69 Å². The maximum atomic E-state index is 8.95. The van der Waals surface area contributed by atoms with E-state index in [0.717, 1.165) is 5.56 Å². The van der Waals surface area contributed by atoms with Crippen molar-refractivity contribution in [2.45, 2.75) is 0 Å². The van der Waals surface area contributed by atoms with Gasteiger partial charge in [0.1, 0.15) is 6.07 Å². The number of nitrogens with two attached hydrogens (primary N) is 1. The standard InChI is InChI=1S/C13H9N7/c14-8-10-6-7-16-13(11(10)15)20-18-12(17-19-20)9-4-2-1-3-5-9/h1-7H,15H2. The number of benzene rings is 1. The minimum atomic E-state index is 0.229. The number of aromatic nitrogens is 5. The highest BCUT2D eigenvalue weighted by atomic mass is 15.6. The number of tetrazole rings is 1. The van der Waals surface area contributed by atoms with Gasteiger partial charge in [0, 0.05) is 11.8 Å². The van der Waals surface area contributed by atoms with Gasteiger partial charge < -0.3 is 5.73 Å². The predicted octanol–water partition coefficient (Wildman–Crippen LogP) is 1.18. The van der Waals surface area contributed by atoms with Crippen LogP contribution in [0.1, 0.15) is 5.56 Å². The molecule has 0 saturated carbocycles. The Morgan fingerprint density at radius 1 is 1.15 bits per heavy atom. The fourth-order valence-electron chi connectivity index (χ4n) is 1.73. The monoisotopic (exact) mass is 263 g/mol. The van der Waals surface area contributed by atoms with E-state index in [9.17, 15) is 0 Å². The molecule has 1 aromatic carbocycles. The summed E-state index contributed by atoms with van der Waals surface area (Å²) >= 11 is 0. The summed E-state index contributed by atoms with van der Waals surface area (Å²) in [5.74, 6) is 0.757. The van der Waals surface area contributed by atoms with Gasteiger partial charge >= 0.3 is 0 Å². The van der Waals surface area contributed by atoms with Gasteiger partial charge in [-0.1, -0.05) is 30.3 Å². The topological polar surface area (TPSA) is 106 Å². The summed E-state index contributed by atoms with van der Waals surface area (Å²) in [4.78, 5) is 5.31. The quantitative estimate of drug-likeness (QED) is 0.744. The lowest BCUT2D eigenvalue weighted by Crippen LogP contribution is -2.07. The smallest absolute Gasteiger partial charge is 0.205 e. The van der Waals surface area contributed by atoms with Crippen LogP contribution in [0.2, 0.25) is 0 Å². The Morgan fingerprint density at radius 3 is 2.70 bits per heavy atom. The number of nitriles is 1. The van der Waals surface area contributed by atoms with Crippen molar-refractivity contribution in [3.8, 4) is 23.3 Å². The van der Waals surface area contributed by atoms with Crippen LogP contribution in [0.5, 0.6) is 0 Å². The Bertz CT molecular complexity index is 786. The largest absolute Gasteiger partial charge is 0.395 e. The second-order valence-corrected chi connectivity index (χ2v) is 3.98. The molecule has 0 aliphatic carbocycles. The van der Waals surface area contributed by atoms with Crippen molar-refractivity contribution in [1.82, 2.24) is 25.2 Å². The molecule has 0 amide bonds. The first-order chi connectivity index (χ1) is 9.79. The van der Waals surface area contributed by atoms with E-state index in [0.29, 0.717) is 17.2 Å². The van der Waals surface area contributed by atoms with E-state index < -0.39 is 0 Å². The molecule has 3 aromatic rings. The Balaban J connectivity index is 2.06. The van der Waals surface area contributed by atoms with Crippen molar-refractivity contribution in [2.24, 2.45) is 0 Å². The molecule has 3 rings (SSSR count). The van der Waals surface area contributed by atoms with Gasteiger partial charge in [-0.3, -0.25) is 0 Å². The van der Waals surface area contributed by atoms with Crippen LogP contribution in [-0.2, 0) is 0 Å². The minimum absolute atomic E-state index is 0.229. The van der Waals surface area contributed by atoms with Gasteiger partial charge in [0.05, 0.1) is 11.3 Å². The second-order valence-electron chi connectivity index (χ2n) is 3.98. The SMILES string of the molecule is N#Cc1ccnc(-n2nnc(-c3ccccc3)n2)c1N. The van der Waals surface area contributed by atoms with Gasteiger partial charge in [0.15, 0.2) is 0 Å². The number of hydrogen-bond donors (Lipinski definition) is 1. The van der Waals surface area contributed by atoms with Crippen molar-refractivity contribution in [3.05, 3.63) is 48.2 Å². The average Bonchev–Trinajstić information content (AvgIpc) is 2.98. The van der Waals surface area contributed by atoms with Gasteiger partial charge in [-0.25, -0.2) is 4.98 Å². The van der Waals surface area contributed by atoms with Crippen molar-refractivity contribution >= 4 is 5.69 Å². The van der Waals surface area contributed by atoms with Crippen molar-refractivity contribution < 1.29 is 0 Å². The molecule has 2 N–H and O–H groups in total. The van der Waals surface area contributed by atoms with E-state index in [1.807, 2.05) is 36.4 Å². The van der Waals surface area contributed by atoms with E-state index in [1.54, 1.807) is 0 Å². The zero-order valence-corrected chi connectivity index (χ0v) is 10.3. The molecule has 0 unspecified atom stereocenters. The number of hydrogen-bond acceptors (Lipinski definition) is 6. The number of nitrogens with zero attached hydrogens (tertiary/aromatic N) is 6. The normalized spacial score (nSPS) is 10.2. The van der Waals surface area contributed by atoms with E-state index in [-0.39, 0.29) is 5.69 Å². The molecule has 2 heterocycles. The van der Waals surface area contributed by atoms with Crippen LogP contribution in [0.25, 0.3) is 17.2 Å². The molecule has 0 atom stereocenters. The summed E-state index contributed by atoms with van der Waals surface area (Å²) < 4.78 is 0. The third kappa shape index (κ3) is 1.95. The average molecular weight is 263 g/mol. The Labute approximate surface area is 114 Å². The van der Waals surface area contributed by atoms with Gasteiger partial charge in [-0.2, -0.15) is 5.26 Å². The van der Waals surface area contributed by atoms with E-state index in [1.165, 1.54) is 17.1 Å². The van der Waals surface area contributed by atoms with Crippen molar-refractivity contribution in [1.29, 1.82) is 5.26 Å². The first-order valence-electron chi connectivity index (χ1n) is 5.80. The fourth-order valence-corrected chi connectivity index (χ4v) is 1.73. The van der Waals surface area contributed by atoms with Gasteiger partial charge in [0.2, 0.25) is 11.6 Å². The molecule has 2 aromatic heterocycles. The molecule has 7 heteroatoms. The Hall–Kier alpha value is -3.27. The third-order valence-electron chi connectivity index (χ3n) is 2.72. The van der Waals surface area contributed by atoms with Gasteiger partial charge in [0.25, 0.3) is 0 Å². The van der Waals surface area contributed by atoms with Crippen LogP contribution in [0.15, 0.2) is 42.6 Å². The first kappa shape index (κ1) is 11.8. The zero-order valence-electron chi connectivity index (χ0n) is 10.3. The highest BCUT2D eigenvalue weighted by molar-refractivity contribution is 5.63. The summed E-state index contributed by atoms with van der Waals surface area (Å²) in [6, 6.07) is 13.0. The highest BCUT2D eigenvalue weighted by Gasteiger charge is 2.12. The summed E-state index contributed by atoms with van der Waals surface area (Å²) in [6.07, 6.45) is 1.48. The summed E-state index contributed by atoms with van der Waals surface area (Å²) in [5, 5.41) is 21.1. The molecule has 0 aliphatic heterocycles. The molecule has 20 heavy (non-hydrogen) atoms. The molecule has 0 spiro atoms. The molecule has 96 valence electrons. The zero-order chi connectivity index (χ0) is 13.9. The molecular weight excluding hydrogens is 254 g/mol. The van der Waals surface area contributed by atoms with Crippen LogP contribution < -0.4 is 5.73 Å². The minimum Gasteiger partial charge on any atom is -0.395 e. The number of pyridine rings is 1. The lowest BCUT2D eigenvalue weighted by atomic mass is 10.2. The van der Waals surface area contributed by atoms with Crippen molar-refractivity contribution in [3.63, 3.8) is 0 Å². The highest BCUT2D eigenvalue weighted by Crippen LogP contribution is 2.18. The van der Waals surface area contributed by atoms with Crippen LogP contribution in [0, 0.1) is 11.3 Å². The summed E-state index contributed by atoms with van der Waals surface area (Å²) in [7, 11) is 0. The van der Waals surface area contributed by atoms with E-state index in [2.05, 4.69) is 20.4 Å². The fraction of sp³-hybridized carbons (Fsp3) is 0. The van der Waals surface area contributed by atoms with Crippen LogP contribution >= 0.6 is 0 Å². The second kappa shape index (κ2) is 4.78. The molecule has 0 bridgehead atoms. The maximum Gasteiger partial charge on any atom is 0.205 e. The Kier molecular flexibility index (Phi) is 2.82. The molecule has 7 nitrogen and oxygen atoms in total. The van der Waals surface area contributed by atoms with Crippen molar-refractivity contribution in [2.75, 3.05) is 5.73 Å². The van der Waals surface area contributed by atoms with Crippen LogP contribution in [-0.4, -0.2) is 25.2 Å². The van der Waals surface area contributed by atoms with Gasteiger partial charge in [-0.05, 0) is 11.3 Å². The summed E-state index contributed by atoms with van der Waals surface area (Å²) in [5.41, 5.74) is 7.26. The molecular formula is C13H9N7. The summed E-state index contributed by atoms with van der Waals surface area (Å²) in [6.45, 7) is 0. The lowest BCUT2D eigenvalue weighted by Gasteiger charge is -2.02. The van der Waals surface area contributed by atoms with Crippen LogP contribution in [0.3, 0.4) is 0 Å². The molecule has 0 aliphatic rings. The van der Waals surface area contributed by atoms with Gasteiger partial charge in [-0.15, -0.1) is 15.0 Å². The number of nitrogen functional groups attached to an aromatic ring is 1. The molecule has 0 saturated heterocycles. The molecule has 0 radical (unpaired) electrons. The lowest BCUT2D eigenvalue weighted by molar-refractivity contribution is 0.702. The third-order valence-corrected chi connectivity index (χ3v) is 2.72. The Morgan fingerprint density at radius 2 is 1.95 bits per heavy atom. The number of rotatable bonds is 2. The predicted molar refractivity (Wildman–Crippen MR) is 71.5 cm³/mol. The first-order valence-corrected chi connectivity index (χ1v) is 5.80. The molecule has 0 fully saturated rings. The number of anilines is 1.